The normalized spacial score (nSPS) is 20.0. The van der Waals surface area contributed by atoms with E-state index in [0.717, 1.165) is 63.3 Å². The van der Waals surface area contributed by atoms with Gasteiger partial charge in [0.1, 0.15) is 46.6 Å². The molecule has 4 aromatic heterocycles. The van der Waals surface area contributed by atoms with Crippen LogP contribution in [0, 0.1) is 17.7 Å². The Morgan fingerprint density at radius 2 is 1.39 bits per heavy atom. The van der Waals surface area contributed by atoms with Gasteiger partial charge in [-0.25, -0.2) is 23.9 Å². The fraction of sp³-hybridized carbons (Fsp3) is 0.462. The number of hydrogen-bond acceptors (Lipinski definition) is 11. The summed E-state index contributed by atoms with van der Waals surface area (Å²) in [7, 11) is 2.55. The Morgan fingerprint density at radius 1 is 0.803 bits per heavy atom. The van der Waals surface area contributed by atoms with Crippen LogP contribution in [0.3, 0.4) is 0 Å². The van der Waals surface area contributed by atoms with Gasteiger partial charge in [-0.2, -0.15) is 0 Å². The SMILES string of the molecule is COC(=O)N[C@H](C(=O)N1CCC[C@H]1c1ncc(-c2cc(F)c3c(c2)OC(c2cc4c(s2)CCC(C)(C)O4)n2c-3cc3cc(-c4cnc([C@@H]5CCCN5C(=O)[C@@H](NC(=O)OC)C(C)C)[nH]4)ccc32)[nH]1)C(C)C. The van der Waals surface area contributed by atoms with E-state index < -0.39 is 36.3 Å². The molecule has 374 valence electrons. The van der Waals surface area contributed by atoms with Crippen molar-refractivity contribution >= 4 is 46.2 Å². The first kappa shape index (κ1) is 47.8. The molecule has 5 atom stereocenters. The van der Waals surface area contributed by atoms with E-state index in [2.05, 4.69) is 51.1 Å². The molecule has 0 aliphatic carbocycles. The molecule has 10 rings (SSSR count). The Hall–Kier alpha value is -6.89. The molecule has 19 heteroatoms. The van der Waals surface area contributed by atoms with Crippen LogP contribution in [0.2, 0.25) is 0 Å². The van der Waals surface area contributed by atoms with Crippen molar-refractivity contribution in [1.82, 2.24) is 44.9 Å². The number of alkyl carbamates (subject to hydrolysis) is 2. The Labute approximate surface area is 414 Å². The largest absolute Gasteiger partial charge is 0.487 e. The van der Waals surface area contributed by atoms with Crippen molar-refractivity contribution in [1.29, 1.82) is 0 Å². The third kappa shape index (κ3) is 8.86. The number of H-pyrrole nitrogens is 2. The summed E-state index contributed by atoms with van der Waals surface area (Å²) < 4.78 is 42.1. The van der Waals surface area contributed by atoms with Gasteiger partial charge in [0.05, 0.1) is 71.7 Å². The number of carbonyl (C=O) groups is 4. The Kier molecular flexibility index (Phi) is 12.6. The lowest BCUT2D eigenvalue weighted by Gasteiger charge is -2.30. The summed E-state index contributed by atoms with van der Waals surface area (Å²) in [5, 5.41) is 6.26. The molecule has 4 amide bonds. The monoisotopic (exact) mass is 989 g/mol. The number of imidazole rings is 2. The summed E-state index contributed by atoms with van der Waals surface area (Å²) in [6.45, 7) is 12.7. The molecule has 2 saturated heterocycles. The van der Waals surface area contributed by atoms with E-state index in [4.69, 9.17) is 28.9 Å². The van der Waals surface area contributed by atoms with Crippen LogP contribution < -0.4 is 20.1 Å². The zero-order valence-electron chi connectivity index (χ0n) is 41.2. The van der Waals surface area contributed by atoms with Gasteiger partial charge in [-0.05, 0) is 94.5 Å². The molecular formula is C52H60FN9O8S. The molecule has 0 spiro atoms. The maximum absolute atomic E-state index is 17.0. The number of halogens is 1. The van der Waals surface area contributed by atoms with Crippen LogP contribution in [-0.2, 0) is 25.5 Å². The number of ether oxygens (including phenoxy) is 4. The second-order valence-corrected chi connectivity index (χ2v) is 21.4. The number of nitrogens with zero attached hydrogens (tertiary/aromatic N) is 5. The maximum atomic E-state index is 17.0. The number of aryl methyl sites for hydroxylation is 1. The number of aromatic amines is 2. The molecule has 17 nitrogen and oxygen atoms in total. The minimum Gasteiger partial charge on any atom is -0.487 e. The van der Waals surface area contributed by atoms with Crippen LogP contribution in [0.15, 0.2) is 54.9 Å². The summed E-state index contributed by atoms with van der Waals surface area (Å²) in [6, 6.07) is 11.3. The Morgan fingerprint density at radius 3 is 1.97 bits per heavy atom. The van der Waals surface area contributed by atoms with Gasteiger partial charge in [0, 0.05) is 40.5 Å². The van der Waals surface area contributed by atoms with Gasteiger partial charge >= 0.3 is 12.2 Å². The van der Waals surface area contributed by atoms with Gasteiger partial charge in [0.2, 0.25) is 18.0 Å². The van der Waals surface area contributed by atoms with Crippen molar-refractivity contribution in [3.05, 3.63) is 82.1 Å². The molecule has 6 aromatic rings. The highest BCUT2D eigenvalue weighted by molar-refractivity contribution is 7.12. The van der Waals surface area contributed by atoms with E-state index in [-0.39, 0.29) is 41.3 Å². The summed E-state index contributed by atoms with van der Waals surface area (Å²) in [5.74, 6) is 1.20. The number of benzene rings is 2. The quantitative estimate of drug-likeness (QED) is 0.0970. The molecule has 2 fully saturated rings. The van der Waals surface area contributed by atoms with Crippen LogP contribution in [0.1, 0.15) is 113 Å². The zero-order chi connectivity index (χ0) is 50.0. The third-order valence-corrected chi connectivity index (χ3v) is 15.5. The van der Waals surface area contributed by atoms with Gasteiger partial charge in [-0.15, -0.1) is 11.3 Å². The average molecular weight is 990 g/mol. The van der Waals surface area contributed by atoms with E-state index in [9.17, 15) is 19.2 Å². The highest BCUT2D eigenvalue weighted by atomic mass is 32.1. The summed E-state index contributed by atoms with van der Waals surface area (Å²) in [5.41, 5.74) is 4.21. The smallest absolute Gasteiger partial charge is 0.407 e. The fourth-order valence-electron chi connectivity index (χ4n) is 10.6. The molecule has 4 N–H and O–H groups in total. The number of aromatic nitrogens is 5. The number of amides is 4. The lowest BCUT2D eigenvalue weighted by Crippen LogP contribution is -2.51. The summed E-state index contributed by atoms with van der Waals surface area (Å²) in [6.07, 6.45) is 6.11. The number of rotatable bonds is 11. The molecule has 0 saturated carbocycles. The molecular weight excluding hydrogens is 930 g/mol. The van der Waals surface area contributed by atoms with Crippen LogP contribution >= 0.6 is 11.3 Å². The van der Waals surface area contributed by atoms with Crippen LogP contribution in [0.5, 0.6) is 11.5 Å². The third-order valence-electron chi connectivity index (χ3n) is 14.3. The van der Waals surface area contributed by atoms with Crippen molar-refractivity contribution in [2.45, 2.75) is 116 Å². The second-order valence-electron chi connectivity index (χ2n) is 20.2. The first-order valence-electron chi connectivity index (χ1n) is 24.4. The zero-order valence-corrected chi connectivity index (χ0v) is 42.0. The van der Waals surface area contributed by atoms with Crippen LogP contribution in [0.4, 0.5) is 14.0 Å². The molecule has 4 aliphatic rings. The minimum atomic E-state index is -0.778. The van der Waals surface area contributed by atoms with E-state index in [1.807, 2.05) is 52.0 Å². The molecule has 2 aromatic carbocycles. The van der Waals surface area contributed by atoms with E-state index in [1.54, 1.807) is 33.5 Å². The van der Waals surface area contributed by atoms with E-state index in [1.165, 1.54) is 20.3 Å². The van der Waals surface area contributed by atoms with Gasteiger partial charge < -0.3 is 49.3 Å². The van der Waals surface area contributed by atoms with E-state index in [0.29, 0.717) is 65.8 Å². The Bertz CT molecular complexity index is 3040. The van der Waals surface area contributed by atoms with Gasteiger partial charge in [-0.1, -0.05) is 33.8 Å². The number of likely N-dealkylation sites (tertiary alicyclic amines) is 2. The van der Waals surface area contributed by atoms with Crippen molar-refractivity contribution in [2.75, 3.05) is 27.3 Å². The number of methoxy groups -OCH3 is 2. The lowest BCUT2D eigenvalue weighted by molar-refractivity contribution is -0.136. The van der Waals surface area contributed by atoms with Crippen molar-refractivity contribution in [2.24, 2.45) is 11.8 Å². The molecule has 0 radical (unpaired) electrons. The fourth-order valence-corrected chi connectivity index (χ4v) is 11.7. The maximum Gasteiger partial charge on any atom is 0.407 e. The molecule has 0 bridgehead atoms. The molecule has 4 aliphatic heterocycles. The highest BCUT2D eigenvalue weighted by Crippen LogP contribution is 2.50. The van der Waals surface area contributed by atoms with Gasteiger partial charge in [0.25, 0.3) is 0 Å². The number of nitrogens with one attached hydrogen (secondary N) is 4. The lowest BCUT2D eigenvalue weighted by atomic mass is 9.99. The number of thiophene rings is 1. The number of carbonyl (C=O) groups excluding carboxylic acids is 4. The van der Waals surface area contributed by atoms with Crippen molar-refractivity contribution in [3.8, 4) is 45.3 Å². The first-order valence-corrected chi connectivity index (χ1v) is 25.2. The predicted octanol–water partition coefficient (Wildman–Crippen LogP) is 9.42. The minimum absolute atomic E-state index is 0.158. The Balaban J connectivity index is 0.985. The first-order chi connectivity index (χ1) is 34.0. The number of hydrogen-bond donors (Lipinski definition) is 4. The number of fused-ring (bicyclic) bond motifs is 6. The van der Waals surface area contributed by atoms with Gasteiger partial charge in [-0.3, -0.25) is 14.2 Å². The van der Waals surface area contributed by atoms with Gasteiger partial charge in [0.15, 0.2) is 0 Å². The van der Waals surface area contributed by atoms with Crippen LogP contribution in [0.25, 0.3) is 44.7 Å². The standard InChI is InChI=1S/C52H60FN9O8S/c1-26(2)43(58-50(65)67-7)47(63)60-17-9-11-35(60)45-54-24-32(56-45)28-13-14-34-30(19-28)21-37-42-31(53)20-29(22-39(42)69-49(62(34)37)41-23-38-40(71-41)15-16-52(5,6)70-38)33-25-55-46(57-33)36-12-10-18-61(36)48(64)44(27(3)4)59-51(66)68-8/h13-14,19-27,35-36,43-44,49H,9-12,15-18H2,1-8H3,(H,54,56)(H,55,57)(H,58,65)(H,59,66)/t35-,36-,43-,44-,49?/m0/s1. The predicted molar refractivity (Wildman–Crippen MR) is 264 cm³/mol. The van der Waals surface area contributed by atoms with Crippen LogP contribution in [-0.4, -0.2) is 103 Å². The topological polar surface area (TPSA) is 198 Å². The van der Waals surface area contributed by atoms with Crippen molar-refractivity contribution < 1.29 is 42.5 Å². The van der Waals surface area contributed by atoms with Crippen molar-refractivity contribution in [3.63, 3.8) is 0 Å². The molecule has 8 heterocycles. The molecule has 71 heavy (non-hydrogen) atoms. The highest BCUT2D eigenvalue weighted by Gasteiger charge is 2.40. The average Bonchev–Trinajstić information content (AvgIpc) is 4.21. The summed E-state index contributed by atoms with van der Waals surface area (Å²) >= 11 is 1.64. The second kappa shape index (κ2) is 18.7. The van der Waals surface area contributed by atoms with E-state index >= 15 is 4.39 Å². The molecule has 1 unspecified atom stereocenters. The summed E-state index contributed by atoms with van der Waals surface area (Å²) in [4.78, 5) is 74.0.